The summed E-state index contributed by atoms with van der Waals surface area (Å²) in [6.45, 7) is 6.13. The van der Waals surface area contributed by atoms with E-state index in [1.807, 2.05) is 11.9 Å². The summed E-state index contributed by atoms with van der Waals surface area (Å²) in [6.07, 6.45) is 2.02. The second kappa shape index (κ2) is 8.54. The van der Waals surface area contributed by atoms with E-state index in [1.54, 1.807) is 12.0 Å². The molecule has 0 aromatic rings. The van der Waals surface area contributed by atoms with Gasteiger partial charge in [0.05, 0.1) is 25.7 Å². The molecule has 26 heavy (non-hydrogen) atoms. The van der Waals surface area contributed by atoms with Crippen LogP contribution in [0, 0.1) is 5.92 Å². The summed E-state index contributed by atoms with van der Waals surface area (Å²) in [6, 6.07) is 0. The number of carbonyl (C=O) groups is 2. The number of nitrogens with zero attached hydrogens (tertiary/aromatic N) is 3. The number of methoxy groups -OCH3 is 1. The number of likely N-dealkylation sites (N-methyl/N-ethyl adjacent to an activating group) is 1. The highest BCUT2D eigenvalue weighted by Crippen LogP contribution is 2.34. The van der Waals surface area contributed by atoms with Crippen molar-refractivity contribution in [2.75, 3.05) is 73.2 Å². The zero-order chi connectivity index (χ0) is 18.6. The lowest BCUT2D eigenvalue weighted by atomic mass is 9.90. The first-order valence-corrected chi connectivity index (χ1v) is 9.55. The van der Waals surface area contributed by atoms with Gasteiger partial charge in [-0.3, -0.25) is 4.79 Å². The molecule has 0 aliphatic carbocycles. The maximum Gasteiger partial charge on any atom is 0.410 e. The van der Waals surface area contributed by atoms with Crippen LogP contribution in [0.1, 0.15) is 19.3 Å². The fourth-order valence-electron chi connectivity index (χ4n) is 3.90. The quantitative estimate of drug-likeness (QED) is 0.648. The minimum absolute atomic E-state index is 0.00862. The van der Waals surface area contributed by atoms with Crippen molar-refractivity contribution >= 4 is 12.0 Å². The van der Waals surface area contributed by atoms with Crippen molar-refractivity contribution in [3.63, 3.8) is 0 Å². The van der Waals surface area contributed by atoms with Gasteiger partial charge >= 0.3 is 6.09 Å². The summed E-state index contributed by atoms with van der Waals surface area (Å²) in [4.78, 5) is 30.6. The Balaban J connectivity index is 1.45. The largest absolute Gasteiger partial charge is 0.441 e. The topological polar surface area (TPSA) is 71.6 Å². The number of carbonyl (C=O) groups excluding carboxylic acids is 2. The Bertz CT molecular complexity index is 501. The third-order valence-corrected chi connectivity index (χ3v) is 5.74. The minimum Gasteiger partial charge on any atom is -0.441 e. The molecule has 0 radical (unpaired) electrons. The highest BCUT2D eigenvalue weighted by Gasteiger charge is 2.47. The van der Waals surface area contributed by atoms with Crippen molar-refractivity contribution in [2.45, 2.75) is 24.9 Å². The van der Waals surface area contributed by atoms with Crippen LogP contribution >= 0.6 is 0 Å². The lowest BCUT2D eigenvalue weighted by Crippen LogP contribution is -2.50. The minimum atomic E-state index is -0.425. The number of piperidine rings is 1. The summed E-state index contributed by atoms with van der Waals surface area (Å²) in [7, 11) is 3.71. The van der Waals surface area contributed by atoms with Gasteiger partial charge in [-0.1, -0.05) is 0 Å². The van der Waals surface area contributed by atoms with Crippen LogP contribution in [0.2, 0.25) is 0 Å². The summed E-state index contributed by atoms with van der Waals surface area (Å²) in [5.41, 5.74) is -0.425. The Hall–Kier alpha value is -1.38. The fourth-order valence-corrected chi connectivity index (χ4v) is 3.90. The van der Waals surface area contributed by atoms with E-state index in [2.05, 4.69) is 4.90 Å². The number of ether oxygens (including phenoxy) is 3. The molecule has 0 bridgehead atoms. The van der Waals surface area contributed by atoms with Crippen LogP contribution in [0.15, 0.2) is 0 Å². The molecule has 0 saturated carbocycles. The van der Waals surface area contributed by atoms with Gasteiger partial charge in [0.2, 0.25) is 5.91 Å². The summed E-state index contributed by atoms with van der Waals surface area (Å²) < 4.78 is 16.2. The molecule has 0 aromatic carbocycles. The molecule has 8 nitrogen and oxygen atoms in total. The molecule has 3 aliphatic heterocycles. The van der Waals surface area contributed by atoms with Gasteiger partial charge in [-0.25, -0.2) is 4.79 Å². The van der Waals surface area contributed by atoms with Crippen LogP contribution < -0.4 is 0 Å². The molecule has 1 spiro atoms. The first-order valence-electron chi connectivity index (χ1n) is 9.55. The van der Waals surface area contributed by atoms with E-state index in [9.17, 15) is 9.59 Å². The van der Waals surface area contributed by atoms with Crippen molar-refractivity contribution in [2.24, 2.45) is 5.92 Å². The molecule has 148 valence electrons. The molecule has 0 aromatic heterocycles. The fraction of sp³-hybridized carbons (Fsp3) is 0.889. The van der Waals surface area contributed by atoms with Crippen LogP contribution in [0.25, 0.3) is 0 Å². The van der Waals surface area contributed by atoms with E-state index < -0.39 is 5.60 Å². The molecule has 2 amide bonds. The maximum absolute atomic E-state index is 12.5. The van der Waals surface area contributed by atoms with Crippen LogP contribution in [-0.4, -0.2) is 106 Å². The van der Waals surface area contributed by atoms with Crippen molar-refractivity contribution in [3.05, 3.63) is 0 Å². The number of rotatable bonds is 7. The Kier molecular flexibility index (Phi) is 6.37. The zero-order valence-electron chi connectivity index (χ0n) is 15.9. The normalized spacial score (nSPS) is 25.3. The zero-order valence-corrected chi connectivity index (χ0v) is 15.9. The van der Waals surface area contributed by atoms with Gasteiger partial charge < -0.3 is 28.9 Å². The lowest BCUT2D eigenvalue weighted by molar-refractivity contribution is -0.138. The van der Waals surface area contributed by atoms with E-state index >= 15 is 0 Å². The number of likely N-dealkylation sites (tertiary alicyclic amines) is 1. The van der Waals surface area contributed by atoms with Crippen molar-refractivity contribution in [1.29, 1.82) is 0 Å². The number of amides is 2. The van der Waals surface area contributed by atoms with Crippen LogP contribution in [0.3, 0.4) is 0 Å². The Labute approximate surface area is 155 Å². The average Bonchev–Trinajstić information content (AvgIpc) is 3.27. The first kappa shape index (κ1) is 19.4. The van der Waals surface area contributed by atoms with E-state index in [0.717, 1.165) is 19.5 Å². The van der Waals surface area contributed by atoms with Gasteiger partial charge in [0.15, 0.2) is 0 Å². The molecule has 3 aliphatic rings. The van der Waals surface area contributed by atoms with Crippen LogP contribution in [0.5, 0.6) is 0 Å². The van der Waals surface area contributed by atoms with Crippen LogP contribution in [0.4, 0.5) is 4.79 Å². The molecule has 3 rings (SSSR count). The summed E-state index contributed by atoms with van der Waals surface area (Å²) in [5, 5.41) is 0. The average molecular weight is 369 g/mol. The number of hydrogen-bond acceptors (Lipinski definition) is 6. The first-order chi connectivity index (χ1) is 12.5. The Morgan fingerprint density at radius 1 is 1.35 bits per heavy atom. The summed E-state index contributed by atoms with van der Waals surface area (Å²) in [5.74, 6) is 0.201. The van der Waals surface area contributed by atoms with E-state index in [0.29, 0.717) is 58.8 Å². The standard InChI is InChI=1S/C18H31N3O5/c1-19(10-12-24-2)8-9-21-14-18(26-17(21)23)4-6-20(7-5-18)16(22)15-3-11-25-13-15/h15H,3-14H2,1-2H3. The molecule has 1 unspecified atom stereocenters. The van der Waals surface area contributed by atoms with E-state index in [1.165, 1.54) is 0 Å². The molecule has 1 atom stereocenters. The third kappa shape index (κ3) is 4.47. The molecule has 3 fully saturated rings. The molecular formula is C18H31N3O5. The second-order valence-corrected chi connectivity index (χ2v) is 7.65. The lowest BCUT2D eigenvalue weighted by Gasteiger charge is -2.38. The van der Waals surface area contributed by atoms with Gasteiger partial charge in [-0.05, 0) is 13.5 Å². The third-order valence-electron chi connectivity index (χ3n) is 5.74. The van der Waals surface area contributed by atoms with Gasteiger partial charge in [0, 0.05) is 59.3 Å². The SMILES string of the molecule is COCCN(C)CCN1CC2(CCN(C(=O)C3CCOC3)CC2)OC1=O. The van der Waals surface area contributed by atoms with Crippen LogP contribution in [-0.2, 0) is 19.0 Å². The van der Waals surface area contributed by atoms with Gasteiger partial charge in [0.1, 0.15) is 5.60 Å². The van der Waals surface area contributed by atoms with Gasteiger partial charge in [-0.2, -0.15) is 0 Å². The highest BCUT2D eigenvalue weighted by molar-refractivity contribution is 5.79. The molecule has 3 heterocycles. The van der Waals surface area contributed by atoms with Crippen molar-refractivity contribution in [1.82, 2.24) is 14.7 Å². The second-order valence-electron chi connectivity index (χ2n) is 7.65. The molecular weight excluding hydrogens is 338 g/mol. The summed E-state index contributed by atoms with van der Waals surface area (Å²) >= 11 is 0. The van der Waals surface area contributed by atoms with Gasteiger partial charge in [-0.15, -0.1) is 0 Å². The monoisotopic (exact) mass is 369 g/mol. The molecule has 3 saturated heterocycles. The highest BCUT2D eigenvalue weighted by atomic mass is 16.6. The predicted octanol–water partition coefficient (Wildman–Crippen LogP) is 0.415. The molecule has 8 heteroatoms. The predicted molar refractivity (Wildman–Crippen MR) is 94.9 cm³/mol. The van der Waals surface area contributed by atoms with E-state index in [4.69, 9.17) is 14.2 Å². The Morgan fingerprint density at radius 3 is 2.77 bits per heavy atom. The van der Waals surface area contributed by atoms with Crippen molar-refractivity contribution < 1.29 is 23.8 Å². The Morgan fingerprint density at radius 2 is 2.12 bits per heavy atom. The van der Waals surface area contributed by atoms with E-state index in [-0.39, 0.29) is 17.9 Å². The maximum atomic E-state index is 12.5. The number of hydrogen-bond donors (Lipinski definition) is 0. The smallest absolute Gasteiger partial charge is 0.410 e. The van der Waals surface area contributed by atoms with Crippen molar-refractivity contribution in [3.8, 4) is 0 Å². The van der Waals surface area contributed by atoms with Gasteiger partial charge in [0.25, 0.3) is 0 Å². The molecule has 0 N–H and O–H groups in total.